The lowest BCUT2D eigenvalue weighted by molar-refractivity contribution is -0.384. The lowest BCUT2D eigenvalue weighted by Gasteiger charge is -2.30. The molecule has 0 saturated carbocycles. The first-order valence-corrected chi connectivity index (χ1v) is 6.44. The molecule has 0 atom stereocenters. The minimum Gasteiger partial charge on any atom is -0.395 e. The highest BCUT2D eigenvalue weighted by Crippen LogP contribution is 2.28. The lowest BCUT2D eigenvalue weighted by Crippen LogP contribution is -2.38. The van der Waals surface area contributed by atoms with Gasteiger partial charge in [-0.15, -0.1) is 0 Å². The van der Waals surface area contributed by atoms with Crippen LogP contribution >= 0.6 is 0 Å². The van der Waals surface area contributed by atoms with Crippen LogP contribution in [0.1, 0.15) is 26.7 Å². The van der Waals surface area contributed by atoms with Gasteiger partial charge in [0.1, 0.15) is 6.20 Å². The Morgan fingerprint density at radius 3 is 2.65 bits per heavy atom. The molecular weight excluding hydrogens is 264 g/mol. The molecule has 0 unspecified atom stereocenters. The second kappa shape index (κ2) is 7.56. The molecule has 1 aromatic rings. The van der Waals surface area contributed by atoms with Crippen LogP contribution < -0.4 is 16.2 Å². The van der Waals surface area contributed by atoms with Gasteiger partial charge in [-0.25, -0.2) is 10.8 Å². The first kappa shape index (κ1) is 16.1. The van der Waals surface area contributed by atoms with E-state index in [0.29, 0.717) is 0 Å². The summed E-state index contributed by atoms with van der Waals surface area (Å²) in [4.78, 5) is 20.1. The molecule has 0 radical (unpaired) electrons. The van der Waals surface area contributed by atoms with Gasteiger partial charge in [-0.05, 0) is 12.8 Å². The summed E-state index contributed by atoms with van der Waals surface area (Å²) in [5.41, 5.74) is 2.07. The third-order valence-electron chi connectivity index (χ3n) is 3.07. The Balaban J connectivity index is 3.31. The summed E-state index contributed by atoms with van der Waals surface area (Å²) in [5, 5.41) is 20.3. The standard InChI is InChI=1S/C11H20N6O3/c1-3-8(4-2)16(5-6-18)10-9(17(19)20)7-13-11(14-10)15-12/h7-8,18H,3-6,12H2,1-2H3,(H,13,14,15). The van der Waals surface area contributed by atoms with Gasteiger partial charge in [0, 0.05) is 12.6 Å². The zero-order valence-electron chi connectivity index (χ0n) is 11.6. The van der Waals surface area contributed by atoms with Gasteiger partial charge in [0.2, 0.25) is 11.8 Å². The summed E-state index contributed by atoms with van der Waals surface area (Å²) in [5.74, 6) is 5.51. The van der Waals surface area contributed by atoms with E-state index in [0.717, 1.165) is 19.0 Å². The fourth-order valence-electron chi connectivity index (χ4n) is 2.07. The van der Waals surface area contributed by atoms with Crippen LogP contribution in [0.25, 0.3) is 0 Å². The normalized spacial score (nSPS) is 10.7. The predicted octanol–water partition coefficient (Wildman–Crippen LogP) is 0.658. The first-order valence-electron chi connectivity index (χ1n) is 6.44. The lowest BCUT2D eigenvalue weighted by atomic mass is 10.1. The van der Waals surface area contributed by atoms with E-state index in [4.69, 9.17) is 5.84 Å². The van der Waals surface area contributed by atoms with Crippen LogP contribution in [-0.2, 0) is 0 Å². The molecule has 112 valence electrons. The molecule has 1 aromatic heterocycles. The molecule has 9 nitrogen and oxygen atoms in total. The van der Waals surface area contributed by atoms with Crippen molar-refractivity contribution in [2.24, 2.45) is 5.84 Å². The van der Waals surface area contributed by atoms with Crippen molar-refractivity contribution in [2.75, 3.05) is 23.5 Å². The maximum absolute atomic E-state index is 11.1. The number of nitrogen functional groups attached to an aromatic ring is 1. The van der Waals surface area contributed by atoms with Gasteiger partial charge in [-0.1, -0.05) is 13.8 Å². The minimum atomic E-state index is -0.539. The van der Waals surface area contributed by atoms with E-state index in [9.17, 15) is 15.2 Å². The SMILES string of the molecule is CCC(CC)N(CCO)c1nc(NN)ncc1[N+](=O)[O-]. The first-order chi connectivity index (χ1) is 9.58. The molecule has 0 spiro atoms. The molecule has 1 heterocycles. The number of nitrogens with two attached hydrogens (primary N) is 1. The van der Waals surface area contributed by atoms with Crippen LogP contribution in [0.2, 0.25) is 0 Å². The zero-order chi connectivity index (χ0) is 15.1. The van der Waals surface area contributed by atoms with E-state index in [-0.39, 0.29) is 36.6 Å². The average Bonchev–Trinajstić information content (AvgIpc) is 2.46. The Morgan fingerprint density at radius 2 is 2.20 bits per heavy atom. The van der Waals surface area contributed by atoms with E-state index in [1.165, 1.54) is 0 Å². The fraction of sp³-hybridized carbons (Fsp3) is 0.636. The molecule has 0 amide bonds. The molecule has 20 heavy (non-hydrogen) atoms. The number of nitro groups is 1. The number of hydrazine groups is 1. The highest BCUT2D eigenvalue weighted by molar-refractivity contribution is 5.59. The summed E-state index contributed by atoms with van der Waals surface area (Å²) in [6.07, 6.45) is 2.68. The smallest absolute Gasteiger partial charge is 0.329 e. The van der Waals surface area contributed by atoms with Crippen molar-refractivity contribution < 1.29 is 10.0 Å². The van der Waals surface area contributed by atoms with Crippen LogP contribution in [0.15, 0.2) is 6.20 Å². The molecule has 9 heteroatoms. The molecule has 0 saturated heterocycles. The number of anilines is 2. The highest BCUT2D eigenvalue weighted by Gasteiger charge is 2.26. The van der Waals surface area contributed by atoms with E-state index in [2.05, 4.69) is 15.4 Å². The molecule has 4 N–H and O–H groups in total. The van der Waals surface area contributed by atoms with Crippen LogP contribution in [0.5, 0.6) is 0 Å². The van der Waals surface area contributed by atoms with Gasteiger partial charge in [0.15, 0.2) is 0 Å². The molecule has 0 aliphatic carbocycles. The van der Waals surface area contributed by atoms with Crippen molar-refractivity contribution in [3.63, 3.8) is 0 Å². The summed E-state index contributed by atoms with van der Waals surface area (Å²) in [6.45, 7) is 4.10. The topological polar surface area (TPSA) is 130 Å². The number of aromatic nitrogens is 2. The average molecular weight is 284 g/mol. The van der Waals surface area contributed by atoms with Crippen LogP contribution in [0.4, 0.5) is 17.5 Å². The maximum atomic E-state index is 11.1. The van der Waals surface area contributed by atoms with Gasteiger partial charge in [0.25, 0.3) is 0 Å². The maximum Gasteiger partial charge on any atom is 0.329 e. The fourth-order valence-corrected chi connectivity index (χ4v) is 2.07. The van der Waals surface area contributed by atoms with E-state index in [1.807, 2.05) is 13.8 Å². The van der Waals surface area contributed by atoms with E-state index >= 15 is 0 Å². The third-order valence-corrected chi connectivity index (χ3v) is 3.07. The summed E-state index contributed by atoms with van der Waals surface area (Å²) in [6, 6.07) is 0.0429. The number of hydrogen-bond donors (Lipinski definition) is 3. The van der Waals surface area contributed by atoms with Crippen molar-refractivity contribution in [1.82, 2.24) is 9.97 Å². The Kier molecular flexibility index (Phi) is 6.07. The Morgan fingerprint density at radius 1 is 1.55 bits per heavy atom. The second-order valence-corrected chi connectivity index (χ2v) is 4.19. The van der Waals surface area contributed by atoms with E-state index < -0.39 is 4.92 Å². The summed E-state index contributed by atoms with van der Waals surface area (Å²) >= 11 is 0. The Bertz CT molecular complexity index is 452. The van der Waals surface area contributed by atoms with Crippen molar-refractivity contribution >= 4 is 17.5 Å². The van der Waals surface area contributed by atoms with Crippen molar-refractivity contribution in [3.8, 4) is 0 Å². The van der Waals surface area contributed by atoms with Crippen LogP contribution in [0.3, 0.4) is 0 Å². The molecule has 1 rings (SSSR count). The van der Waals surface area contributed by atoms with Crippen molar-refractivity contribution in [1.29, 1.82) is 0 Å². The molecule has 0 fully saturated rings. The largest absolute Gasteiger partial charge is 0.395 e. The van der Waals surface area contributed by atoms with Crippen molar-refractivity contribution in [2.45, 2.75) is 32.7 Å². The number of nitrogens with zero attached hydrogens (tertiary/aromatic N) is 4. The summed E-state index contributed by atoms with van der Waals surface area (Å²) in [7, 11) is 0. The highest BCUT2D eigenvalue weighted by atomic mass is 16.6. The number of aliphatic hydroxyl groups excluding tert-OH is 1. The monoisotopic (exact) mass is 284 g/mol. The second-order valence-electron chi connectivity index (χ2n) is 4.19. The van der Waals surface area contributed by atoms with Gasteiger partial charge in [0.05, 0.1) is 11.5 Å². The van der Waals surface area contributed by atoms with Crippen LogP contribution in [-0.4, -0.2) is 39.2 Å². The zero-order valence-corrected chi connectivity index (χ0v) is 11.6. The van der Waals surface area contributed by atoms with Crippen molar-refractivity contribution in [3.05, 3.63) is 16.3 Å². The van der Waals surface area contributed by atoms with Gasteiger partial charge in [-0.2, -0.15) is 4.98 Å². The van der Waals surface area contributed by atoms with Gasteiger partial charge >= 0.3 is 5.69 Å². The summed E-state index contributed by atoms with van der Waals surface area (Å²) < 4.78 is 0. The van der Waals surface area contributed by atoms with Gasteiger partial charge in [-0.3, -0.25) is 15.5 Å². The molecule has 0 bridgehead atoms. The quantitative estimate of drug-likeness (QED) is 0.360. The molecule has 0 aliphatic rings. The molecule has 0 aromatic carbocycles. The number of nitrogens with one attached hydrogen (secondary N) is 1. The third kappa shape index (κ3) is 3.52. The van der Waals surface area contributed by atoms with E-state index in [1.54, 1.807) is 4.90 Å². The van der Waals surface area contributed by atoms with Crippen LogP contribution in [0, 0.1) is 10.1 Å². The molecule has 0 aliphatic heterocycles. The predicted molar refractivity (Wildman–Crippen MR) is 75.3 cm³/mol. The minimum absolute atomic E-state index is 0.0429. The number of hydrogen-bond acceptors (Lipinski definition) is 8. The number of rotatable bonds is 8. The Labute approximate surface area is 116 Å². The van der Waals surface area contributed by atoms with Gasteiger partial charge < -0.3 is 10.0 Å². The molecular formula is C11H20N6O3. The number of aliphatic hydroxyl groups is 1. The Hall–Kier alpha value is -2.00.